The SMILES string of the molecule is COC(=O)[C@H]1CSCc2ccccc2C(=O)OC[C@@H](NC(=O)[C@@H]2CCCN2C(C)=O)C(=O)N1. The summed E-state index contributed by atoms with van der Waals surface area (Å²) in [5.41, 5.74) is 1.08. The summed E-state index contributed by atoms with van der Waals surface area (Å²) < 4.78 is 10.2. The number of likely N-dealkylation sites (tertiary alicyclic amines) is 1. The Balaban J connectivity index is 1.83. The number of hydrogen-bond acceptors (Lipinski definition) is 8. The fourth-order valence-corrected chi connectivity index (χ4v) is 4.86. The molecule has 0 bridgehead atoms. The van der Waals surface area contributed by atoms with Gasteiger partial charge in [-0.05, 0) is 24.5 Å². The Morgan fingerprint density at radius 3 is 2.73 bits per heavy atom. The van der Waals surface area contributed by atoms with Crippen molar-refractivity contribution in [1.29, 1.82) is 0 Å². The number of ether oxygens (including phenoxy) is 2. The monoisotopic (exact) mass is 477 g/mol. The lowest BCUT2D eigenvalue weighted by Crippen LogP contribution is -2.57. The molecule has 2 aliphatic rings. The quantitative estimate of drug-likeness (QED) is 0.592. The van der Waals surface area contributed by atoms with Gasteiger partial charge in [0.1, 0.15) is 24.7 Å². The van der Waals surface area contributed by atoms with Gasteiger partial charge in [-0.3, -0.25) is 14.4 Å². The van der Waals surface area contributed by atoms with E-state index in [1.807, 2.05) is 0 Å². The van der Waals surface area contributed by atoms with E-state index in [4.69, 9.17) is 9.47 Å². The molecule has 0 aromatic heterocycles. The fraction of sp³-hybridized carbons (Fsp3) is 0.500. The molecule has 3 rings (SSSR count). The van der Waals surface area contributed by atoms with Crippen LogP contribution in [0.4, 0.5) is 0 Å². The van der Waals surface area contributed by atoms with E-state index in [1.54, 1.807) is 24.3 Å². The van der Waals surface area contributed by atoms with Crippen molar-refractivity contribution in [3.05, 3.63) is 35.4 Å². The lowest BCUT2D eigenvalue weighted by Gasteiger charge is -2.26. The van der Waals surface area contributed by atoms with E-state index >= 15 is 0 Å². The molecule has 0 unspecified atom stereocenters. The number of carbonyl (C=O) groups excluding carboxylic acids is 5. The zero-order valence-electron chi connectivity index (χ0n) is 18.5. The van der Waals surface area contributed by atoms with Crippen LogP contribution in [0, 0.1) is 0 Å². The molecule has 2 N–H and O–H groups in total. The highest BCUT2D eigenvalue weighted by atomic mass is 32.2. The van der Waals surface area contributed by atoms with Crippen LogP contribution in [0.5, 0.6) is 0 Å². The van der Waals surface area contributed by atoms with E-state index in [2.05, 4.69) is 10.6 Å². The number of thioether (sulfide) groups is 1. The lowest BCUT2D eigenvalue weighted by molar-refractivity contribution is -0.145. The summed E-state index contributed by atoms with van der Waals surface area (Å²) in [5, 5.41) is 5.17. The Morgan fingerprint density at radius 1 is 1.24 bits per heavy atom. The summed E-state index contributed by atoms with van der Waals surface area (Å²) in [6.07, 6.45) is 1.14. The van der Waals surface area contributed by atoms with Gasteiger partial charge in [0.15, 0.2) is 0 Å². The molecule has 0 radical (unpaired) electrons. The minimum Gasteiger partial charge on any atom is -0.467 e. The maximum Gasteiger partial charge on any atom is 0.338 e. The van der Waals surface area contributed by atoms with E-state index in [0.29, 0.717) is 30.7 Å². The molecule has 2 aliphatic heterocycles. The average molecular weight is 478 g/mol. The number of amides is 3. The number of fused-ring (bicyclic) bond motifs is 1. The third-order valence-electron chi connectivity index (χ3n) is 5.56. The summed E-state index contributed by atoms with van der Waals surface area (Å²) >= 11 is 1.35. The van der Waals surface area contributed by atoms with Crippen molar-refractivity contribution in [3.8, 4) is 0 Å². The highest BCUT2D eigenvalue weighted by Crippen LogP contribution is 2.20. The summed E-state index contributed by atoms with van der Waals surface area (Å²) in [5.74, 6) is -2.04. The molecular formula is C22H27N3O7S. The van der Waals surface area contributed by atoms with E-state index in [1.165, 1.54) is 30.7 Å². The Bertz CT molecular complexity index is 938. The molecule has 3 amide bonds. The molecule has 178 valence electrons. The second-order valence-corrected chi connectivity index (χ2v) is 8.82. The summed E-state index contributed by atoms with van der Waals surface area (Å²) in [7, 11) is 1.22. The van der Waals surface area contributed by atoms with Crippen LogP contribution >= 0.6 is 11.8 Å². The van der Waals surface area contributed by atoms with Gasteiger partial charge in [-0.25, -0.2) is 9.59 Å². The van der Waals surface area contributed by atoms with E-state index in [0.717, 1.165) is 5.56 Å². The Hall–Kier alpha value is -3.08. The van der Waals surface area contributed by atoms with Crippen LogP contribution < -0.4 is 10.6 Å². The van der Waals surface area contributed by atoms with E-state index in [9.17, 15) is 24.0 Å². The minimum atomic E-state index is -1.25. The molecule has 1 aromatic rings. The lowest BCUT2D eigenvalue weighted by atomic mass is 10.1. The molecule has 33 heavy (non-hydrogen) atoms. The summed E-state index contributed by atoms with van der Waals surface area (Å²) in [4.78, 5) is 64.0. The van der Waals surface area contributed by atoms with Crippen LogP contribution in [0.2, 0.25) is 0 Å². The molecule has 2 heterocycles. The van der Waals surface area contributed by atoms with Gasteiger partial charge >= 0.3 is 11.9 Å². The standard InChI is InChI=1S/C22H27N3O7S/c1-13(26)25-9-5-8-18(25)20(28)23-16-10-32-21(29)15-7-4-3-6-14(15)11-33-12-17(22(30)31-2)24-19(16)27/h3-4,6-7,16-18H,5,8-12H2,1-2H3,(H,23,28)(H,24,27)/t16-,17-,18+/m1/s1. The number of carbonyl (C=O) groups is 5. The van der Waals surface area contributed by atoms with Crippen LogP contribution in [-0.2, 0) is 34.4 Å². The molecule has 0 saturated carbocycles. The first-order valence-electron chi connectivity index (χ1n) is 10.6. The smallest absolute Gasteiger partial charge is 0.338 e. The van der Waals surface area contributed by atoms with Crippen LogP contribution in [0.3, 0.4) is 0 Å². The zero-order chi connectivity index (χ0) is 24.0. The minimum absolute atomic E-state index is 0.212. The first-order chi connectivity index (χ1) is 15.8. The van der Waals surface area contributed by atoms with Gasteiger partial charge in [-0.2, -0.15) is 11.8 Å². The maximum absolute atomic E-state index is 13.0. The molecule has 0 aliphatic carbocycles. The number of nitrogens with zero attached hydrogens (tertiary/aromatic N) is 1. The van der Waals surface area contributed by atoms with Crippen molar-refractivity contribution < 1.29 is 33.4 Å². The Morgan fingerprint density at radius 2 is 2.00 bits per heavy atom. The van der Waals surface area contributed by atoms with Crippen LogP contribution in [0.15, 0.2) is 24.3 Å². The maximum atomic E-state index is 13.0. The highest BCUT2D eigenvalue weighted by molar-refractivity contribution is 7.98. The van der Waals surface area contributed by atoms with Crippen LogP contribution in [-0.4, -0.2) is 78.7 Å². The average Bonchev–Trinajstić information content (AvgIpc) is 3.30. The first-order valence-corrected chi connectivity index (χ1v) is 11.8. The number of methoxy groups -OCH3 is 1. The number of rotatable bonds is 3. The number of cyclic esters (lactones) is 1. The van der Waals surface area contributed by atoms with Crippen LogP contribution in [0.25, 0.3) is 0 Å². The van der Waals surface area contributed by atoms with Crippen molar-refractivity contribution in [3.63, 3.8) is 0 Å². The van der Waals surface area contributed by atoms with Crippen molar-refractivity contribution >= 4 is 41.4 Å². The van der Waals surface area contributed by atoms with Gasteiger partial charge in [-0.15, -0.1) is 0 Å². The molecule has 1 fully saturated rings. The molecule has 1 aromatic carbocycles. The molecule has 11 heteroatoms. The predicted molar refractivity (Wildman–Crippen MR) is 119 cm³/mol. The first kappa shape index (κ1) is 24.6. The van der Waals surface area contributed by atoms with Gasteiger partial charge < -0.3 is 25.0 Å². The largest absolute Gasteiger partial charge is 0.467 e. The molecule has 1 saturated heterocycles. The van der Waals surface area contributed by atoms with Crippen molar-refractivity contribution in [1.82, 2.24) is 15.5 Å². The second-order valence-electron chi connectivity index (χ2n) is 7.79. The van der Waals surface area contributed by atoms with Crippen molar-refractivity contribution in [2.75, 3.05) is 26.0 Å². The molecule has 0 spiro atoms. The van der Waals surface area contributed by atoms with Gasteiger partial charge in [-0.1, -0.05) is 18.2 Å². The van der Waals surface area contributed by atoms with E-state index < -0.39 is 48.5 Å². The molecule has 10 nitrogen and oxygen atoms in total. The number of benzene rings is 1. The van der Waals surface area contributed by atoms with Gasteiger partial charge in [0, 0.05) is 25.0 Å². The second kappa shape index (κ2) is 11.2. The Kier molecular flexibility index (Phi) is 8.32. The Labute approximate surface area is 195 Å². The summed E-state index contributed by atoms with van der Waals surface area (Å²) in [6.45, 7) is 1.41. The topological polar surface area (TPSA) is 131 Å². The van der Waals surface area contributed by atoms with E-state index in [-0.39, 0.29) is 11.7 Å². The molecule has 3 atom stereocenters. The zero-order valence-corrected chi connectivity index (χ0v) is 19.3. The third kappa shape index (κ3) is 6.04. The van der Waals surface area contributed by atoms with Crippen molar-refractivity contribution in [2.24, 2.45) is 0 Å². The van der Waals surface area contributed by atoms with Gasteiger partial charge in [0.25, 0.3) is 0 Å². The third-order valence-corrected chi connectivity index (χ3v) is 6.64. The summed E-state index contributed by atoms with van der Waals surface area (Å²) in [6, 6.07) is 4.00. The molecular weight excluding hydrogens is 450 g/mol. The normalized spacial score (nSPS) is 23.8. The number of nitrogens with one attached hydrogen (secondary N) is 2. The van der Waals surface area contributed by atoms with Gasteiger partial charge in [0.2, 0.25) is 17.7 Å². The predicted octanol–water partition coefficient (Wildman–Crippen LogP) is 0.244. The van der Waals surface area contributed by atoms with Crippen LogP contribution in [0.1, 0.15) is 35.7 Å². The van der Waals surface area contributed by atoms with Crippen molar-refractivity contribution in [2.45, 2.75) is 43.6 Å². The fourth-order valence-electron chi connectivity index (χ4n) is 3.82. The van der Waals surface area contributed by atoms with Gasteiger partial charge in [0.05, 0.1) is 12.7 Å². The highest BCUT2D eigenvalue weighted by Gasteiger charge is 2.36. The number of hydrogen-bond donors (Lipinski definition) is 2. The number of esters is 2.